The minimum atomic E-state index is -3.37. The molecule has 0 aliphatic carbocycles. The van der Waals surface area contributed by atoms with E-state index in [0.29, 0.717) is 6.54 Å². The number of nitrogens with one attached hydrogen (secondary N) is 3. The molecule has 1 aromatic heterocycles. The van der Waals surface area contributed by atoms with Crippen molar-refractivity contribution in [2.75, 3.05) is 13.1 Å². The van der Waals surface area contributed by atoms with Gasteiger partial charge in [-0.05, 0) is 49.8 Å². The van der Waals surface area contributed by atoms with Gasteiger partial charge in [0.1, 0.15) is 0 Å². The van der Waals surface area contributed by atoms with Crippen LogP contribution in [0.5, 0.6) is 0 Å². The molecule has 0 aliphatic heterocycles. The van der Waals surface area contributed by atoms with Crippen molar-refractivity contribution >= 4 is 51.3 Å². The lowest BCUT2D eigenvalue weighted by Crippen LogP contribution is -2.38. The van der Waals surface area contributed by atoms with Crippen molar-refractivity contribution < 1.29 is 8.42 Å². The molecule has 0 aliphatic rings. The van der Waals surface area contributed by atoms with Crippen LogP contribution in [0.4, 0.5) is 0 Å². The average Bonchev–Trinajstić information content (AvgIpc) is 3.12. The van der Waals surface area contributed by atoms with Crippen LogP contribution < -0.4 is 15.4 Å². The van der Waals surface area contributed by atoms with Crippen molar-refractivity contribution in [3.8, 4) is 0 Å². The highest BCUT2D eigenvalue weighted by molar-refractivity contribution is 14.0. The fourth-order valence-corrected chi connectivity index (χ4v) is 4.92. The third-order valence-corrected chi connectivity index (χ3v) is 6.33. The molecule has 1 heterocycles. The summed E-state index contributed by atoms with van der Waals surface area (Å²) in [4.78, 5) is 5.97. The molecule has 1 aromatic carbocycles. The third-order valence-electron chi connectivity index (χ3n) is 3.87. The van der Waals surface area contributed by atoms with Crippen LogP contribution in [0.3, 0.4) is 0 Å². The van der Waals surface area contributed by atoms with Crippen molar-refractivity contribution in [1.29, 1.82) is 0 Å². The molecule has 0 unspecified atom stereocenters. The van der Waals surface area contributed by atoms with E-state index in [1.54, 1.807) is 11.3 Å². The van der Waals surface area contributed by atoms with E-state index < -0.39 is 10.0 Å². The number of nitrogens with zero attached hydrogens (tertiary/aromatic N) is 1. The summed E-state index contributed by atoms with van der Waals surface area (Å²) in [6.45, 7) is 7.63. The molecule has 0 spiro atoms. The standard InChI is InChI=1S/C20H30N4O2S2.HI/c1-4-21-20(22-12-11-19-10-7-13-27-19)23-14-17-8-5-6-9-18(17)15-28(25,26)24-16(2)3;/h5-10,13,16,24H,4,11-12,14-15H2,1-3H3,(H2,21,22,23);1H. The van der Waals surface area contributed by atoms with E-state index in [-0.39, 0.29) is 35.8 Å². The van der Waals surface area contributed by atoms with Crippen LogP contribution in [0.25, 0.3) is 0 Å². The van der Waals surface area contributed by atoms with Gasteiger partial charge in [0.05, 0.1) is 12.3 Å². The number of benzene rings is 1. The van der Waals surface area contributed by atoms with Crippen LogP contribution in [-0.4, -0.2) is 33.5 Å². The maximum Gasteiger partial charge on any atom is 0.216 e. The molecule has 0 saturated heterocycles. The first-order valence-corrected chi connectivity index (χ1v) is 12.0. The molecule has 162 valence electrons. The van der Waals surface area contributed by atoms with Gasteiger partial charge in [-0.1, -0.05) is 30.3 Å². The molecular formula is C20H31IN4O2S2. The molecular weight excluding hydrogens is 519 g/mol. The minimum Gasteiger partial charge on any atom is -0.357 e. The van der Waals surface area contributed by atoms with Crippen LogP contribution in [0.1, 0.15) is 36.8 Å². The van der Waals surface area contributed by atoms with E-state index in [9.17, 15) is 8.42 Å². The maximum absolute atomic E-state index is 12.3. The summed E-state index contributed by atoms with van der Waals surface area (Å²) in [6, 6.07) is 11.6. The van der Waals surface area contributed by atoms with Crippen molar-refractivity contribution in [2.45, 2.75) is 45.5 Å². The number of guanidine groups is 1. The Bertz CT molecular complexity index is 853. The zero-order valence-corrected chi connectivity index (χ0v) is 21.1. The summed E-state index contributed by atoms with van der Waals surface area (Å²) < 4.78 is 27.2. The fourth-order valence-electron chi connectivity index (χ4n) is 2.72. The Labute approximate surface area is 195 Å². The van der Waals surface area contributed by atoms with Gasteiger partial charge in [0.2, 0.25) is 10.0 Å². The van der Waals surface area contributed by atoms with Crippen molar-refractivity contribution in [3.05, 3.63) is 57.8 Å². The van der Waals surface area contributed by atoms with Crippen LogP contribution in [0, 0.1) is 0 Å². The van der Waals surface area contributed by atoms with E-state index in [2.05, 4.69) is 37.9 Å². The Hall–Kier alpha value is -1.17. The Morgan fingerprint density at radius 3 is 2.45 bits per heavy atom. The summed E-state index contributed by atoms with van der Waals surface area (Å²) in [5.41, 5.74) is 1.68. The highest BCUT2D eigenvalue weighted by Gasteiger charge is 2.15. The predicted molar refractivity (Wildman–Crippen MR) is 134 cm³/mol. The lowest BCUT2D eigenvalue weighted by molar-refractivity contribution is 0.569. The predicted octanol–water partition coefficient (Wildman–Crippen LogP) is 3.49. The summed E-state index contributed by atoms with van der Waals surface area (Å²) in [6.07, 6.45) is 0.942. The molecule has 0 saturated carbocycles. The monoisotopic (exact) mass is 550 g/mol. The molecule has 0 bridgehead atoms. The molecule has 6 nitrogen and oxygen atoms in total. The lowest BCUT2D eigenvalue weighted by atomic mass is 10.1. The van der Waals surface area contributed by atoms with Gasteiger partial charge in [-0.25, -0.2) is 18.1 Å². The molecule has 2 aromatic rings. The van der Waals surface area contributed by atoms with Gasteiger partial charge >= 0.3 is 0 Å². The second kappa shape index (κ2) is 13.2. The van der Waals surface area contributed by atoms with Gasteiger partial charge in [-0.15, -0.1) is 35.3 Å². The lowest BCUT2D eigenvalue weighted by Gasteiger charge is -2.13. The minimum absolute atomic E-state index is 0. The zero-order valence-electron chi connectivity index (χ0n) is 17.1. The van der Waals surface area contributed by atoms with Gasteiger partial charge in [0, 0.05) is 24.0 Å². The number of aliphatic imine (C=N–C) groups is 1. The fraction of sp³-hybridized carbons (Fsp3) is 0.450. The highest BCUT2D eigenvalue weighted by Crippen LogP contribution is 2.14. The number of thiophene rings is 1. The van der Waals surface area contributed by atoms with Crippen LogP contribution in [-0.2, 0) is 28.7 Å². The number of rotatable bonds is 10. The van der Waals surface area contributed by atoms with Gasteiger partial charge in [0.15, 0.2) is 5.96 Å². The molecule has 0 radical (unpaired) electrons. The molecule has 0 amide bonds. The van der Waals surface area contributed by atoms with E-state index in [0.717, 1.165) is 36.6 Å². The molecule has 29 heavy (non-hydrogen) atoms. The molecule has 9 heteroatoms. The summed E-state index contributed by atoms with van der Waals surface area (Å²) in [5, 5.41) is 8.65. The SMILES string of the molecule is CCNC(=NCc1ccccc1CS(=O)(=O)NC(C)C)NCCc1cccs1.I. The van der Waals surface area contributed by atoms with Crippen molar-refractivity contribution in [2.24, 2.45) is 4.99 Å². The number of halogens is 1. The van der Waals surface area contributed by atoms with E-state index >= 15 is 0 Å². The Morgan fingerprint density at radius 1 is 1.10 bits per heavy atom. The summed E-state index contributed by atoms with van der Waals surface area (Å²) >= 11 is 1.75. The van der Waals surface area contributed by atoms with Gasteiger partial charge in [0.25, 0.3) is 0 Å². The van der Waals surface area contributed by atoms with Gasteiger partial charge < -0.3 is 10.6 Å². The highest BCUT2D eigenvalue weighted by atomic mass is 127. The number of sulfonamides is 1. The van der Waals surface area contributed by atoms with Crippen LogP contribution in [0.15, 0.2) is 46.8 Å². The van der Waals surface area contributed by atoms with E-state index in [1.807, 2.05) is 45.0 Å². The summed E-state index contributed by atoms with van der Waals surface area (Å²) in [7, 11) is -3.37. The molecule has 3 N–H and O–H groups in total. The topological polar surface area (TPSA) is 82.6 Å². The molecule has 0 atom stereocenters. The Kier molecular flexibility index (Phi) is 11.8. The average molecular weight is 551 g/mol. The Balaban J connectivity index is 0.00000420. The summed E-state index contributed by atoms with van der Waals surface area (Å²) in [5.74, 6) is 0.691. The third kappa shape index (κ3) is 9.92. The first-order valence-electron chi connectivity index (χ1n) is 9.51. The van der Waals surface area contributed by atoms with Crippen LogP contribution >= 0.6 is 35.3 Å². The molecule has 0 fully saturated rings. The zero-order chi connectivity index (χ0) is 20.4. The second-order valence-electron chi connectivity index (χ2n) is 6.75. The van der Waals surface area contributed by atoms with Gasteiger partial charge in [-0.2, -0.15) is 0 Å². The largest absolute Gasteiger partial charge is 0.357 e. The van der Waals surface area contributed by atoms with Crippen LogP contribution in [0.2, 0.25) is 0 Å². The maximum atomic E-state index is 12.3. The molecule has 2 rings (SSSR count). The van der Waals surface area contributed by atoms with Crippen molar-refractivity contribution in [1.82, 2.24) is 15.4 Å². The first kappa shape index (κ1) is 25.9. The van der Waals surface area contributed by atoms with E-state index in [1.165, 1.54) is 4.88 Å². The van der Waals surface area contributed by atoms with E-state index in [4.69, 9.17) is 0 Å². The van der Waals surface area contributed by atoms with Gasteiger partial charge in [-0.3, -0.25) is 0 Å². The second-order valence-corrected chi connectivity index (χ2v) is 9.54. The number of hydrogen-bond donors (Lipinski definition) is 3. The normalized spacial score (nSPS) is 11.9. The first-order chi connectivity index (χ1) is 13.4. The smallest absolute Gasteiger partial charge is 0.216 e. The Morgan fingerprint density at radius 2 is 1.83 bits per heavy atom. The number of hydrogen-bond acceptors (Lipinski definition) is 4. The quantitative estimate of drug-likeness (QED) is 0.240. The van der Waals surface area contributed by atoms with Crippen molar-refractivity contribution in [3.63, 3.8) is 0 Å².